The molecule has 0 spiro atoms. The second-order valence-corrected chi connectivity index (χ2v) is 1.56. The van der Waals surface area contributed by atoms with Crippen molar-refractivity contribution in [3.8, 4) is 0 Å². The average Bonchev–Trinajstić information content (AvgIpc) is 1.87. The third kappa shape index (κ3) is 0.933. The highest BCUT2D eigenvalue weighted by molar-refractivity contribution is 6.29. The fourth-order valence-corrected chi connectivity index (χ4v) is 0.497. The van der Waals surface area contributed by atoms with Crippen LogP contribution < -0.4 is 0 Å². The van der Waals surface area contributed by atoms with Crippen LogP contribution in [-0.4, -0.2) is 4.98 Å². The molecule has 1 aromatic heterocycles. The van der Waals surface area contributed by atoms with Gasteiger partial charge in [0.15, 0.2) is 5.95 Å². The number of nitrogens with one attached hydrogen (secondary N) is 1. The van der Waals surface area contributed by atoms with E-state index in [0.717, 1.165) is 0 Å². The van der Waals surface area contributed by atoms with Gasteiger partial charge in [0.1, 0.15) is 5.15 Å². The van der Waals surface area contributed by atoms with Crippen LogP contribution in [0.2, 0.25) is 5.15 Å². The van der Waals surface area contributed by atoms with Gasteiger partial charge in [-0.1, -0.05) is 11.6 Å². The highest BCUT2D eigenvalue weighted by Gasteiger charge is 1.88. The smallest absolute Gasteiger partial charge is 0.192 e. The third-order valence-corrected chi connectivity index (χ3v) is 0.835. The SMILES string of the molecule is Fc1ccc(Cl)[nH]1. The van der Waals surface area contributed by atoms with Gasteiger partial charge in [0.2, 0.25) is 0 Å². The van der Waals surface area contributed by atoms with E-state index in [-0.39, 0.29) is 0 Å². The lowest BCUT2D eigenvalue weighted by atomic mass is 10.7. The van der Waals surface area contributed by atoms with Crippen molar-refractivity contribution in [2.75, 3.05) is 0 Å². The van der Waals surface area contributed by atoms with Gasteiger partial charge in [0.05, 0.1) is 0 Å². The number of hydrogen-bond donors (Lipinski definition) is 1. The maximum absolute atomic E-state index is 11.8. The lowest BCUT2D eigenvalue weighted by Crippen LogP contribution is -1.64. The Bertz CT molecular complexity index is 144. The van der Waals surface area contributed by atoms with E-state index in [2.05, 4.69) is 4.98 Å². The van der Waals surface area contributed by atoms with Gasteiger partial charge in [0, 0.05) is 0 Å². The van der Waals surface area contributed by atoms with Crippen molar-refractivity contribution in [1.29, 1.82) is 0 Å². The fourth-order valence-electron chi connectivity index (χ4n) is 0.344. The predicted molar refractivity (Wildman–Crippen MR) is 25.8 cm³/mol. The zero-order chi connectivity index (χ0) is 5.28. The summed E-state index contributed by atoms with van der Waals surface area (Å²) in [4.78, 5) is 2.24. The summed E-state index contributed by atoms with van der Waals surface area (Å²) in [6.45, 7) is 0. The number of aromatic amines is 1. The molecule has 7 heavy (non-hydrogen) atoms. The molecule has 0 aromatic carbocycles. The molecule has 0 saturated heterocycles. The minimum atomic E-state index is -0.398. The Morgan fingerprint density at radius 3 is 2.43 bits per heavy atom. The van der Waals surface area contributed by atoms with Crippen molar-refractivity contribution < 1.29 is 4.39 Å². The van der Waals surface area contributed by atoms with Crippen LogP contribution in [0.1, 0.15) is 0 Å². The van der Waals surface area contributed by atoms with Crippen molar-refractivity contribution in [2.45, 2.75) is 0 Å². The number of rotatable bonds is 0. The van der Waals surface area contributed by atoms with Crippen LogP contribution in [0, 0.1) is 5.95 Å². The van der Waals surface area contributed by atoms with E-state index in [1.807, 2.05) is 0 Å². The molecule has 0 aliphatic rings. The Kier molecular flexibility index (Phi) is 1.02. The average molecular weight is 120 g/mol. The van der Waals surface area contributed by atoms with E-state index in [4.69, 9.17) is 11.6 Å². The van der Waals surface area contributed by atoms with Gasteiger partial charge < -0.3 is 4.98 Å². The number of H-pyrrole nitrogens is 1. The molecule has 0 aliphatic carbocycles. The molecule has 1 aromatic rings. The number of aromatic nitrogens is 1. The first kappa shape index (κ1) is 4.65. The van der Waals surface area contributed by atoms with E-state index < -0.39 is 5.95 Å². The Labute approximate surface area is 45.1 Å². The second-order valence-electron chi connectivity index (χ2n) is 1.15. The topological polar surface area (TPSA) is 15.8 Å². The second kappa shape index (κ2) is 1.54. The molecule has 3 heteroatoms. The maximum Gasteiger partial charge on any atom is 0.192 e. The molecule has 1 nitrogen and oxygen atoms in total. The van der Waals surface area contributed by atoms with Crippen LogP contribution >= 0.6 is 11.6 Å². The fraction of sp³-hybridized carbons (Fsp3) is 0. The molecular formula is C4H3ClFN. The minimum Gasteiger partial charge on any atom is -0.323 e. The van der Waals surface area contributed by atoms with Crippen molar-refractivity contribution in [3.63, 3.8) is 0 Å². The molecule has 1 heterocycles. The van der Waals surface area contributed by atoms with Crippen molar-refractivity contribution >= 4 is 11.6 Å². The molecule has 0 unspecified atom stereocenters. The summed E-state index contributed by atoms with van der Waals surface area (Å²) in [6, 6.07) is 2.72. The van der Waals surface area contributed by atoms with E-state index >= 15 is 0 Å². The Hall–Kier alpha value is -0.500. The van der Waals surface area contributed by atoms with Crippen LogP contribution in [-0.2, 0) is 0 Å². The summed E-state index contributed by atoms with van der Waals surface area (Å²) in [5.41, 5.74) is 0. The van der Waals surface area contributed by atoms with Gasteiger partial charge in [-0.05, 0) is 12.1 Å². The lowest BCUT2D eigenvalue weighted by Gasteiger charge is -1.71. The zero-order valence-corrected chi connectivity index (χ0v) is 4.17. The Morgan fingerprint density at radius 1 is 1.57 bits per heavy atom. The molecule has 1 rings (SSSR count). The van der Waals surface area contributed by atoms with Crippen LogP contribution in [0.5, 0.6) is 0 Å². The van der Waals surface area contributed by atoms with Crippen molar-refractivity contribution in [1.82, 2.24) is 4.98 Å². The normalized spacial score (nSPS) is 9.43. The molecule has 0 radical (unpaired) electrons. The molecular weight excluding hydrogens is 117 g/mol. The van der Waals surface area contributed by atoms with Gasteiger partial charge in [0.25, 0.3) is 0 Å². The molecule has 0 bridgehead atoms. The predicted octanol–water partition coefficient (Wildman–Crippen LogP) is 1.81. The van der Waals surface area contributed by atoms with E-state index in [0.29, 0.717) is 5.15 Å². The minimum absolute atomic E-state index is 0.331. The van der Waals surface area contributed by atoms with Gasteiger partial charge >= 0.3 is 0 Å². The van der Waals surface area contributed by atoms with Gasteiger partial charge in [-0.15, -0.1) is 0 Å². The van der Waals surface area contributed by atoms with Crippen molar-refractivity contribution in [3.05, 3.63) is 23.2 Å². The molecule has 0 saturated carbocycles. The Morgan fingerprint density at radius 2 is 2.29 bits per heavy atom. The molecule has 0 atom stereocenters. The van der Waals surface area contributed by atoms with Crippen molar-refractivity contribution in [2.24, 2.45) is 0 Å². The molecule has 1 N–H and O–H groups in total. The molecule has 0 aliphatic heterocycles. The third-order valence-electron chi connectivity index (χ3n) is 0.615. The van der Waals surface area contributed by atoms with E-state index in [1.54, 1.807) is 0 Å². The monoisotopic (exact) mass is 119 g/mol. The Balaban J connectivity index is 3.04. The van der Waals surface area contributed by atoms with Gasteiger partial charge in [-0.3, -0.25) is 0 Å². The molecule has 0 amide bonds. The molecule has 38 valence electrons. The standard InChI is InChI=1S/C4H3ClFN/c5-3-1-2-4(6)7-3/h1-2,7H. The maximum atomic E-state index is 11.8. The zero-order valence-electron chi connectivity index (χ0n) is 3.41. The summed E-state index contributed by atoms with van der Waals surface area (Å²) >= 11 is 5.26. The highest BCUT2D eigenvalue weighted by atomic mass is 35.5. The van der Waals surface area contributed by atoms with Gasteiger partial charge in [-0.2, -0.15) is 4.39 Å². The quantitative estimate of drug-likeness (QED) is 0.536. The largest absolute Gasteiger partial charge is 0.323 e. The summed E-state index contributed by atoms with van der Waals surface area (Å²) in [7, 11) is 0. The number of halogens is 2. The summed E-state index contributed by atoms with van der Waals surface area (Å²) < 4.78 is 11.8. The first-order valence-corrected chi connectivity index (χ1v) is 2.17. The van der Waals surface area contributed by atoms with Crippen LogP contribution in [0.25, 0.3) is 0 Å². The van der Waals surface area contributed by atoms with E-state index in [9.17, 15) is 4.39 Å². The lowest BCUT2D eigenvalue weighted by molar-refractivity contribution is 0.592. The number of hydrogen-bond acceptors (Lipinski definition) is 0. The van der Waals surface area contributed by atoms with Gasteiger partial charge in [-0.25, -0.2) is 0 Å². The first-order chi connectivity index (χ1) is 3.29. The van der Waals surface area contributed by atoms with Crippen LogP contribution in [0.4, 0.5) is 4.39 Å². The van der Waals surface area contributed by atoms with E-state index in [1.165, 1.54) is 12.1 Å². The molecule has 0 fully saturated rings. The highest BCUT2D eigenvalue weighted by Crippen LogP contribution is 2.04. The van der Waals surface area contributed by atoms with Crippen LogP contribution in [0.3, 0.4) is 0 Å². The summed E-state index contributed by atoms with van der Waals surface area (Å²) in [5.74, 6) is -0.398. The first-order valence-electron chi connectivity index (χ1n) is 1.79. The summed E-state index contributed by atoms with van der Waals surface area (Å²) in [6.07, 6.45) is 0. The van der Waals surface area contributed by atoms with Crippen LogP contribution in [0.15, 0.2) is 12.1 Å². The summed E-state index contributed by atoms with van der Waals surface area (Å²) in [5, 5.41) is 0.331.